The summed E-state index contributed by atoms with van der Waals surface area (Å²) in [6.07, 6.45) is 5.51. The second kappa shape index (κ2) is 10.4. The van der Waals surface area contributed by atoms with Gasteiger partial charge in [-0.05, 0) is 35.4 Å². The Labute approximate surface area is 216 Å². The second-order valence-electron chi connectivity index (χ2n) is 9.59. The molecule has 1 aliphatic heterocycles. The third-order valence-electron chi connectivity index (χ3n) is 7.07. The van der Waals surface area contributed by atoms with E-state index in [4.69, 9.17) is 4.98 Å². The number of carbonyl (C=O) groups excluding carboxylic acids is 1. The summed E-state index contributed by atoms with van der Waals surface area (Å²) in [5.41, 5.74) is 5.34. The van der Waals surface area contributed by atoms with Crippen LogP contribution in [0.4, 0.5) is 0 Å². The lowest BCUT2D eigenvalue weighted by atomic mass is 10.1. The van der Waals surface area contributed by atoms with E-state index in [-0.39, 0.29) is 5.91 Å². The van der Waals surface area contributed by atoms with Crippen LogP contribution in [0, 0.1) is 0 Å². The number of piperazine rings is 1. The molecule has 3 heterocycles. The van der Waals surface area contributed by atoms with E-state index in [2.05, 4.69) is 56.9 Å². The minimum atomic E-state index is 0.102. The van der Waals surface area contributed by atoms with Crippen LogP contribution < -0.4 is 0 Å². The predicted molar refractivity (Wildman–Crippen MR) is 144 cm³/mol. The Balaban J connectivity index is 1.10. The highest BCUT2D eigenvalue weighted by Gasteiger charge is 2.24. The van der Waals surface area contributed by atoms with E-state index >= 15 is 0 Å². The third kappa shape index (κ3) is 5.17. The first-order chi connectivity index (χ1) is 18.2. The van der Waals surface area contributed by atoms with Gasteiger partial charge in [0.1, 0.15) is 5.82 Å². The normalized spacial score (nSPS) is 14.3. The van der Waals surface area contributed by atoms with E-state index in [0.29, 0.717) is 13.1 Å². The smallest absolute Gasteiger partial charge is 0.253 e. The number of imidazole rings is 2. The number of nitrogens with zero attached hydrogens (tertiary/aromatic N) is 6. The van der Waals surface area contributed by atoms with E-state index in [9.17, 15) is 4.79 Å². The molecular formula is C30H30N6O. The van der Waals surface area contributed by atoms with Crippen LogP contribution in [0.25, 0.3) is 11.0 Å². The minimum absolute atomic E-state index is 0.102. The first kappa shape index (κ1) is 23.2. The van der Waals surface area contributed by atoms with Crippen LogP contribution in [-0.2, 0) is 19.6 Å². The fraction of sp³-hybridized carbons (Fsp3) is 0.233. The molecule has 0 bridgehead atoms. The summed E-state index contributed by atoms with van der Waals surface area (Å²) >= 11 is 0. The van der Waals surface area contributed by atoms with Crippen LogP contribution in [0.15, 0.2) is 97.6 Å². The lowest BCUT2D eigenvalue weighted by molar-refractivity contribution is 0.0624. The summed E-state index contributed by atoms with van der Waals surface area (Å²) in [7, 11) is 0. The highest BCUT2D eigenvalue weighted by molar-refractivity contribution is 5.94. The molecule has 6 rings (SSSR count). The maximum Gasteiger partial charge on any atom is 0.253 e. The van der Waals surface area contributed by atoms with Gasteiger partial charge in [-0.3, -0.25) is 9.69 Å². The summed E-state index contributed by atoms with van der Waals surface area (Å²) in [5.74, 6) is 1.17. The highest BCUT2D eigenvalue weighted by atomic mass is 16.2. The zero-order chi connectivity index (χ0) is 25.0. The molecule has 7 nitrogen and oxygen atoms in total. The lowest BCUT2D eigenvalue weighted by Crippen LogP contribution is -2.48. The molecule has 1 aliphatic rings. The molecule has 3 aromatic carbocycles. The SMILES string of the molecule is O=C(c1ccc(Cn2ccnc2)cc1)N1CCN(Cc2nc3ccccc3n2Cc2ccccc2)CC1. The van der Waals surface area contributed by atoms with Crippen LogP contribution in [0.1, 0.15) is 27.3 Å². The summed E-state index contributed by atoms with van der Waals surface area (Å²) in [5, 5.41) is 0. The Morgan fingerprint density at radius 3 is 2.24 bits per heavy atom. The third-order valence-corrected chi connectivity index (χ3v) is 7.07. The number of hydrogen-bond acceptors (Lipinski definition) is 4. The molecule has 0 saturated carbocycles. The van der Waals surface area contributed by atoms with Crippen molar-refractivity contribution in [3.8, 4) is 0 Å². The van der Waals surface area contributed by atoms with Gasteiger partial charge in [-0.2, -0.15) is 0 Å². The number of para-hydroxylation sites is 2. The molecule has 7 heteroatoms. The first-order valence-electron chi connectivity index (χ1n) is 12.8. The monoisotopic (exact) mass is 490 g/mol. The molecular weight excluding hydrogens is 460 g/mol. The zero-order valence-corrected chi connectivity index (χ0v) is 20.8. The van der Waals surface area contributed by atoms with Crippen molar-refractivity contribution in [2.75, 3.05) is 26.2 Å². The Hall–Kier alpha value is -4.23. The molecule has 0 atom stereocenters. The molecule has 2 aromatic heterocycles. The van der Waals surface area contributed by atoms with Gasteiger partial charge in [0.25, 0.3) is 5.91 Å². The average molecular weight is 491 g/mol. The number of hydrogen-bond donors (Lipinski definition) is 0. The first-order valence-corrected chi connectivity index (χ1v) is 12.8. The molecule has 0 radical (unpaired) electrons. The standard InChI is InChI=1S/C30H30N6O/c37-30(26-12-10-25(11-13-26)20-34-15-14-31-23-34)35-18-16-33(17-19-35)22-29-32-27-8-4-5-9-28(27)36(29)21-24-6-2-1-3-7-24/h1-15,23H,16-22H2. The fourth-order valence-corrected chi connectivity index (χ4v) is 5.02. The quantitative estimate of drug-likeness (QED) is 0.342. The maximum atomic E-state index is 13.1. The van der Waals surface area contributed by atoms with E-state index in [1.807, 2.05) is 52.1 Å². The van der Waals surface area contributed by atoms with Crippen LogP contribution in [0.2, 0.25) is 0 Å². The molecule has 37 heavy (non-hydrogen) atoms. The topological polar surface area (TPSA) is 59.2 Å². The van der Waals surface area contributed by atoms with Crippen molar-refractivity contribution in [2.24, 2.45) is 0 Å². The predicted octanol–water partition coefficient (Wildman–Crippen LogP) is 4.29. The summed E-state index contributed by atoms with van der Waals surface area (Å²) in [4.78, 5) is 26.6. The van der Waals surface area contributed by atoms with Crippen molar-refractivity contribution in [1.82, 2.24) is 28.9 Å². The Morgan fingerprint density at radius 2 is 1.49 bits per heavy atom. The van der Waals surface area contributed by atoms with E-state index in [1.54, 1.807) is 12.5 Å². The lowest BCUT2D eigenvalue weighted by Gasteiger charge is -2.34. The van der Waals surface area contributed by atoms with Crippen molar-refractivity contribution >= 4 is 16.9 Å². The van der Waals surface area contributed by atoms with Crippen molar-refractivity contribution in [1.29, 1.82) is 0 Å². The number of carbonyl (C=O) groups is 1. The van der Waals surface area contributed by atoms with Gasteiger partial charge in [-0.15, -0.1) is 0 Å². The number of aromatic nitrogens is 4. The van der Waals surface area contributed by atoms with Crippen LogP contribution in [0.5, 0.6) is 0 Å². The van der Waals surface area contributed by atoms with Crippen molar-refractivity contribution in [2.45, 2.75) is 19.6 Å². The van der Waals surface area contributed by atoms with Crippen LogP contribution in [-0.4, -0.2) is 61.0 Å². The van der Waals surface area contributed by atoms with Crippen LogP contribution >= 0.6 is 0 Å². The van der Waals surface area contributed by atoms with Crippen molar-refractivity contribution in [3.05, 3.63) is 120 Å². The molecule has 5 aromatic rings. The van der Waals surface area contributed by atoms with Gasteiger partial charge in [-0.25, -0.2) is 9.97 Å². The summed E-state index contributed by atoms with van der Waals surface area (Å²) in [6, 6.07) is 26.8. The Kier molecular flexibility index (Phi) is 6.52. The molecule has 0 unspecified atom stereocenters. The second-order valence-corrected chi connectivity index (χ2v) is 9.59. The van der Waals surface area contributed by atoms with Gasteiger partial charge < -0.3 is 14.0 Å². The Morgan fingerprint density at radius 1 is 0.757 bits per heavy atom. The molecule has 0 aliphatic carbocycles. The molecule has 0 spiro atoms. The maximum absolute atomic E-state index is 13.1. The summed E-state index contributed by atoms with van der Waals surface area (Å²) < 4.78 is 4.34. The number of rotatable bonds is 7. The number of benzene rings is 3. The van der Waals surface area contributed by atoms with Gasteiger partial charge in [-0.1, -0.05) is 54.6 Å². The molecule has 1 fully saturated rings. The van der Waals surface area contributed by atoms with E-state index in [1.165, 1.54) is 5.56 Å². The zero-order valence-electron chi connectivity index (χ0n) is 20.8. The van der Waals surface area contributed by atoms with E-state index < -0.39 is 0 Å². The highest BCUT2D eigenvalue weighted by Crippen LogP contribution is 2.20. The van der Waals surface area contributed by atoms with Gasteiger partial charge >= 0.3 is 0 Å². The van der Waals surface area contributed by atoms with Crippen molar-refractivity contribution in [3.63, 3.8) is 0 Å². The minimum Gasteiger partial charge on any atom is -0.336 e. The van der Waals surface area contributed by atoms with Crippen molar-refractivity contribution < 1.29 is 4.79 Å². The van der Waals surface area contributed by atoms with E-state index in [0.717, 1.165) is 60.7 Å². The number of amides is 1. The van der Waals surface area contributed by atoms with Gasteiger partial charge in [0, 0.05) is 57.2 Å². The van der Waals surface area contributed by atoms with Gasteiger partial charge in [0.05, 0.1) is 23.9 Å². The van der Waals surface area contributed by atoms with Gasteiger partial charge in [0.2, 0.25) is 0 Å². The fourth-order valence-electron chi connectivity index (χ4n) is 5.02. The Bertz CT molecular complexity index is 1470. The average Bonchev–Trinajstić information content (AvgIpc) is 3.58. The molecule has 186 valence electrons. The number of fused-ring (bicyclic) bond motifs is 1. The molecule has 1 amide bonds. The van der Waals surface area contributed by atoms with Gasteiger partial charge in [0.15, 0.2) is 0 Å². The summed E-state index contributed by atoms with van der Waals surface area (Å²) in [6.45, 7) is 5.42. The molecule has 1 saturated heterocycles. The largest absolute Gasteiger partial charge is 0.336 e. The van der Waals surface area contributed by atoms with Crippen LogP contribution in [0.3, 0.4) is 0 Å². The molecule has 0 N–H and O–H groups in total.